The van der Waals surface area contributed by atoms with Crippen LogP contribution in [0, 0.1) is 0 Å². The van der Waals surface area contributed by atoms with Crippen LogP contribution in [0.25, 0.3) is 0 Å². The van der Waals surface area contributed by atoms with Crippen LogP contribution in [0.3, 0.4) is 0 Å². The van der Waals surface area contributed by atoms with Gasteiger partial charge in [0, 0.05) is 17.3 Å². The number of methoxy groups -OCH3 is 1. The van der Waals surface area contributed by atoms with Crippen molar-refractivity contribution < 1.29 is 14.2 Å². The summed E-state index contributed by atoms with van der Waals surface area (Å²) in [5.41, 5.74) is 0.536. The summed E-state index contributed by atoms with van der Waals surface area (Å²) in [6.45, 7) is -1.08. The van der Waals surface area contributed by atoms with E-state index in [1.165, 1.54) is 13.3 Å². The Bertz CT molecular complexity index is 306. The number of ether oxygens (including phenoxy) is 1. The summed E-state index contributed by atoms with van der Waals surface area (Å²) >= 11 is 5.67. The summed E-state index contributed by atoms with van der Waals surface area (Å²) < 4.78 is 17.3. The van der Waals surface area contributed by atoms with Crippen molar-refractivity contribution in [2.75, 3.05) is 7.11 Å². The second-order valence-corrected chi connectivity index (χ2v) is 2.77. The van der Waals surface area contributed by atoms with E-state index in [1.807, 2.05) is 0 Å². The summed E-state index contributed by atoms with van der Waals surface area (Å²) in [6.07, 6.45) is 1.30. The number of nitrogens with zero attached hydrogens (tertiary/aromatic N) is 1. The molecule has 0 saturated carbocycles. The maximum atomic E-state index is 12.5. The molecule has 0 bridgehead atoms. The summed E-state index contributed by atoms with van der Waals surface area (Å²) in [4.78, 5) is 3.80. The molecule has 0 saturated heterocycles. The summed E-state index contributed by atoms with van der Waals surface area (Å²) in [7, 11) is 1.40. The molecule has 0 aliphatic heterocycles. The van der Waals surface area contributed by atoms with Crippen molar-refractivity contribution in [3.63, 3.8) is 0 Å². The quantitative estimate of drug-likeness (QED) is 0.817. The van der Waals surface area contributed by atoms with E-state index in [0.29, 0.717) is 5.56 Å². The van der Waals surface area contributed by atoms with Gasteiger partial charge in [-0.1, -0.05) is 11.6 Å². The van der Waals surface area contributed by atoms with Crippen molar-refractivity contribution in [2.24, 2.45) is 0 Å². The molecule has 5 heteroatoms. The molecule has 0 aliphatic rings. The molecule has 1 aromatic heterocycles. The molecule has 0 aromatic carbocycles. The molecule has 1 heterocycles. The number of halogens is 2. The third-order valence-electron chi connectivity index (χ3n) is 1.69. The van der Waals surface area contributed by atoms with Gasteiger partial charge in [-0.3, -0.25) is 0 Å². The molecule has 0 fully saturated rings. The minimum absolute atomic E-state index is 0.201. The highest BCUT2D eigenvalue weighted by Crippen LogP contribution is 2.26. The third-order valence-corrected chi connectivity index (χ3v) is 2.02. The number of rotatable bonds is 3. The van der Waals surface area contributed by atoms with Crippen LogP contribution < -0.4 is 4.74 Å². The first-order valence-electron chi connectivity index (χ1n) is 3.61. The van der Waals surface area contributed by atoms with Crippen molar-refractivity contribution >= 4 is 11.6 Å². The first-order chi connectivity index (χ1) is 6.24. The molecule has 0 amide bonds. The van der Waals surface area contributed by atoms with Crippen LogP contribution in [0.1, 0.15) is 11.1 Å². The van der Waals surface area contributed by atoms with Gasteiger partial charge in [-0.15, -0.1) is 0 Å². The minimum Gasteiger partial charge on any atom is -0.481 e. The fourth-order valence-corrected chi connectivity index (χ4v) is 1.24. The van der Waals surface area contributed by atoms with E-state index in [4.69, 9.17) is 21.4 Å². The molecule has 1 rings (SSSR count). The topological polar surface area (TPSA) is 42.4 Å². The monoisotopic (exact) mass is 205 g/mol. The largest absolute Gasteiger partial charge is 0.481 e. The normalized spacial score (nSPS) is 10.2. The van der Waals surface area contributed by atoms with Gasteiger partial charge in [0.15, 0.2) is 0 Å². The molecule has 1 aromatic rings. The predicted octanol–water partition coefficient (Wildman–Crippen LogP) is 1.71. The van der Waals surface area contributed by atoms with Crippen molar-refractivity contribution in [2.45, 2.75) is 13.3 Å². The second-order valence-electron chi connectivity index (χ2n) is 2.36. The van der Waals surface area contributed by atoms with E-state index < -0.39 is 6.67 Å². The van der Waals surface area contributed by atoms with Crippen LogP contribution in [-0.2, 0) is 13.3 Å². The smallest absolute Gasteiger partial charge is 0.219 e. The lowest BCUT2D eigenvalue weighted by Crippen LogP contribution is -2.00. The van der Waals surface area contributed by atoms with Crippen LogP contribution in [0.2, 0.25) is 5.02 Å². The standard InChI is InChI=1S/C8H9ClFNO2/c1-13-8-6(4-12)5(2-10)7(9)3-11-8/h3,12H,2,4H2,1H3. The Labute approximate surface area is 80.1 Å². The molecule has 0 radical (unpaired) electrons. The SMILES string of the molecule is COc1ncc(Cl)c(CF)c1CO. The molecule has 0 unspecified atom stereocenters. The molecular weight excluding hydrogens is 197 g/mol. The van der Waals surface area contributed by atoms with Gasteiger partial charge in [0.1, 0.15) is 6.67 Å². The molecule has 3 nitrogen and oxygen atoms in total. The van der Waals surface area contributed by atoms with Crippen LogP contribution >= 0.6 is 11.6 Å². The molecule has 0 aliphatic carbocycles. The maximum Gasteiger partial charge on any atom is 0.219 e. The first kappa shape index (κ1) is 10.2. The summed E-state index contributed by atoms with van der Waals surface area (Å²) in [5, 5.41) is 9.14. The van der Waals surface area contributed by atoms with E-state index in [9.17, 15) is 4.39 Å². The number of hydrogen-bond donors (Lipinski definition) is 1. The van der Waals surface area contributed by atoms with Crippen molar-refractivity contribution in [3.8, 4) is 5.88 Å². The van der Waals surface area contributed by atoms with Gasteiger partial charge in [0.05, 0.1) is 18.7 Å². The number of aliphatic hydroxyl groups is 1. The zero-order chi connectivity index (χ0) is 9.84. The van der Waals surface area contributed by atoms with E-state index in [1.54, 1.807) is 0 Å². The summed E-state index contributed by atoms with van der Waals surface area (Å²) in [6, 6.07) is 0. The van der Waals surface area contributed by atoms with Gasteiger partial charge >= 0.3 is 0 Å². The fraction of sp³-hybridized carbons (Fsp3) is 0.375. The van der Waals surface area contributed by atoms with E-state index in [0.717, 1.165) is 0 Å². The van der Waals surface area contributed by atoms with E-state index in [2.05, 4.69) is 4.98 Å². The molecule has 13 heavy (non-hydrogen) atoms. The highest BCUT2D eigenvalue weighted by atomic mass is 35.5. The first-order valence-corrected chi connectivity index (χ1v) is 3.99. The Morgan fingerprint density at radius 3 is 2.77 bits per heavy atom. The predicted molar refractivity (Wildman–Crippen MR) is 46.5 cm³/mol. The Morgan fingerprint density at radius 2 is 2.31 bits per heavy atom. The average Bonchev–Trinajstić information content (AvgIpc) is 2.17. The number of hydrogen-bond acceptors (Lipinski definition) is 3. The number of alkyl halides is 1. The molecular formula is C8H9ClFNO2. The van der Waals surface area contributed by atoms with E-state index >= 15 is 0 Å². The maximum absolute atomic E-state index is 12.5. The lowest BCUT2D eigenvalue weighted by atomic mass is 10.1. The van der Waals surface area contributed by atoms with Gasteiger partial charge in [0.2, 0.25) is 5.88 Å². The second kappa shape index (κ2) is 4.39. The Kier molecular flexibility index (Phi) is 3.45. The lowest BCUT2D eigenvalue weighted by molar-refractivity contribution is 0.268. The molecule has 0 atom stereocenters. The fourth-order valence-electron chi connectivity index (χ4n) is 1.03. The highest BCUT2D eigenvalue weighted by Gasteiger charge is 2.13. The highest BCUT2D eigenvalue weighted by molar-refractivity contribution is 6.31. The number of aliphatic hydroxyl groups excluding tert-OH is 1. The number of pyridine rings is 1. The average molecular weight is 206 g/mol. The Hall–Kier alpha value is -0.870. The Morgan fingerprint density at radius 1 is 1.62 bits per heavy atom. The van der Waals surface area contributed by atoms with Crippen molar-refractivity contribution in [1.82, 2.24) is 4.98 Å². The van der Waals surface area contributed by atoms with Crippen LogP contribution in [-0.4, -0.2) is 17.2 Å². The van der Waals surface area contributed by atoms with Crippen LogP contribution in [0.4, 0.5) is 4.39 Å². The minimum atomic E-state index is -0.742. The molecule has 0 spiro atoms. The van der Waals surface area contributed by atoms with Crippen LogP contribution in [0.15, 0.2) is 6.20 Å². The molecule has 72 valence electrons. The Balaban J connectivity index is 3.27. The van der Waals surface area contributed by atoms with Gasteiger partial charge in [0.25, 0.3) is 0 Å². The zero-order valence-corrected chi connectivity index (χ0v) is 7.81. The van der Waals surface area contributed by atoms with Gasteiger partial charge < -0.3 is 9.84 Å². The van der Waals surface area contributed by atoms with Crippen LogP contribution in [0.5, 0.6) is 5.88 Å². The zero-order valence-electron chi connectivity index (χ0n) is 7.05. The van der Waals surface area contributed by atoms with Gasteiger partial charge in [-0.25, -0.2) is 9.37 Å². The van der Waals surface area contributed by atoms with E-state index in [-0.39, 0.29) is 23.1 Å². The lowest BCUT2D eigenvalue weighted by Gasteiger charge is -2.09. The molecule has 1 N–H and O–H groups in total. The number of aromatic nitrogens is 1. The summed E-state index contributed by atoms with van der Waals surface area (Å²) in [5.74, 6) is 0.208. The van der Waals surface area contributed by atoms with Crippen molar-refractivity contribution in [3.05, 3.63) is 22.3 Å². The van der Waals surface area contributed by atoms with Crippen molar-refractivity contribution in [1.29, 1.82) is 0 Å². The van der Waals surface area contributed by atoms with Gasteiger partial charge in [-0.2, -0.15) is 0 Å². The third kappa shape index (κ3) is 1.89. The van der Waals surface area contributed by atoms with Gasteiger partial charge in [-0.05, 0) is 0 Å².